The molecule has 0 aromatic carbocycles. The molecule has 4 rings (SSSR count). The zero-order valence-corrected chi connectivity index (χ0v) is 14.5. The molecule has 1 saturated carbocycles. The molecule has 0 spiro atoms. The van der Waals surface area contributed by atoms with Gasteiger partial charge in [0.15, 0.2) is 0 Å². The van der Waals surface area contributed by atoms with Gasteiger partial charge in [-0.1, -0.05) is 0 Å². The number of morpholine rings is 1. The number of piperidine rings is 1. The summed E-state index contributed by atoms with van der Waals surface area (Å²) in [6.45, 7) is 6.04. The van der Waals surface area contributed by atoms with Crippen LogP contribution in [0.2, 0.25) is 0 Å². The van der Waals surface area contributed by atoms with Crippen LogP contribution < -0.4 is 0 Å². The third-order valence-electron chi connectivity index (χ3n) is 5.49. The third kappa shape index (κ3) is 3.32. The molecule has 1 aromatic heterocycles. The van der Waals surface area contributed by atoms with Gasteiger partial charge in [0.2, 0.25) is 5.91 Å². The lowest BCUT2D eigenvalue weighted by atomic mass is 9.96. The molecule has 1 aliphatic carbocycles. The molecule has 24 heavy (non-hydrogen) atoms. The Kier molecular flexibility index (Phi) is 4.54. The van der Waals surface area contributed by atoms with Gasteiger partial charge in [-0.3, -0.25) is 9.69 Å². The Bertz CT molecular complexity index is 592. The Labute approximate surface area is 143 Å². The van der Waals surface area contributed by atoms with Crippen molar-refractivity contribution in [2.45, 2.75) is 38.1 Å². The number of likely N-dealkylation sites (tertiary alicyclic amines) is 1. The van der Waals surface area contributed by atoms with Gasteiger partial charge in [0.1, 0.15) is 11.6 Å². The van der Waals surface area contributed by atoms with Gasteiger partial charge in [-0.2, -0.15) is 0 Å². The standard InChI is InChI=1S/C17H27N5O2/c1-20-15(12-21-7-9-24-10-8-21)18-19-16(20)14-3-2-6-22(11-14)17(23)13-4-5-13/h13-14H,2-12H2,1H3/t14-/m1/s1. The molecule has 1 amide bonds. The highest BCUT2D eigenvalue weighted by molar-refractivity contribution is 5.81. The van der Waals surface area contributed by atoms with Crippen molar-refractivity contribution in [2.75, 3.05) is 39.4 Å². The Morgan fingerprint density at radius 3 is 2.71 bits per heavy atom. The van der Waals surface area contributed by atoms with Crippen LogP contribution in [0.3, 0.4) is 0 Å². The molecular formula is C17H27N5O2. The molecule has 0 bridgehead atoms. The fourth-order valence-corrected chi connectivity index (χ4v) is 3.80. The van der Waals surface area contributed by atoms with E-state index in [1.54, 1.807) is 0 Å². The van der Waals surface area contributed by atoms with Crippen molar-refractivity contribution >= 4 is 5.91 Å². The minimum Gasteiger partial charge on any atom is -0.379 e. The number of carbonyl (C=O) groups is 1. The molecule has 3 heterocycles. The fourth-order valence-electron chi connectivity index (χ4n) is 3.80. The molecule has 0 radical (unpaired) electrons. The first-order chi connectivity index (χ1) is 11.7. The fraction of sp³-hybridized carbons (Fsp3) is 0.824. The Morgan fingerprint density at radius 1 is 1.17 bits per heavy atom. The van der Waals surface area contributed by atoms with E-state index in [2.05, 4.69) is 31.6 Å². The second kappa shape index (κ2) is 6.80. The molecule has 2 saturated heterocycles. The van der Waals surface area contributed by atoms with Crippen molar-refractivity contribution in [3.8, 4) is 0 Å². The number of amides is 1. The van der Waals surface area contributed by atoms with Gasteiger partial charge < -0.3 is 14.2 Å². The molecule has 2 aliphatic heterocycles. The summed E-state index contributed by atoms with van der Waals surface area (Å²) < 4.78 is 7.55. The SMILES string of the molecule is Cn1c(CN2CCOCC2)nnc1[C@@H]1CCCN(C(=O)C2CC2)C1. The van der Waals surface area contributed by atoms with Crippen LogP contribution in [0.5, 0.6) is 0 Å². The second-order valence-corrected chi connectivity index (χ2v) is 7.32. The van der Waals surface area contributed by atoms with Crippen LogP contribution in [0.15, 0.2) is 0 Å². The summed E-state index contributed by atoms with van der Waals surface area (Å²) in [4.78, 5) is 16.8. The van der Waals surface area contributed by atoms with Gasteiger partial charge in [-0.25, -0.2) is 0 Å². The van der Waals surface area contributed by atoms with Crippen molar-refractivity contribution < 1.29 is 9.53 Å². The molecule has 3 fully saturated rings. The topological polar surface area (TPSA) is 63.5 Å². The molecule has 7 nitrogen and oxygen atoms in total. The Hall–Kier alpha value is -1.47. The van der Waals surface area contributed by atoms with Gasteiger partial charge in [-0.15, -0.1) is 10.2 Å². The van der Waals surface area contributed by atoms with Crippen LogP contribution in [-0.4, -0.2) is 69.9 Å². The minimum atomic E-state index is 0.306. The summed E-state index contributed by atoms with van der Waals surface area (Å²) in [5.41, 5.74) is 0. The van der Waals surface area contributed by atoms with Gasteiger partial charge >= 0.3 is 0 Å². The minimum absolute atomic E-state index is 0.306. The summed E-state index contributed by atoms with van der Waals surface area (Å²) in [6.07, 6.45) is 4.31. The molecule has 0 N–H and O–H groups in total. The lowest BCUT2D eigenvalue weighted by Gasteiger charge is -2.32. The molecular weight excluding hydrogens is 306 g/mol. The third-order valence-corrected chi connectivity index (χ3v) is 5.49. The summed E-state index contributed by atoms with van der Waals surface area (Å²) in [5, 5.41) is 8.91. The van der Waals surface area contributed by atoms with Crippen LogP contribution in [-0.2, 0) is 23.1 Å². The zero-order valence-electron chi connectivity index (χ0n) is 14.5. The van der Waals surface area contributed by atoms with Crippen molar-refractivity contribution in [1.82, 2.24) is 24.6 Å². The van der Waals surface area contributed by atoms with Crippen molar-refractivity contribution in [3.05, 3.63) is 11.6 Å². The van der Waals surface area contributed by atoms with E-state index in [9.17, 15) is 4.79 Å². The predicted octanol–water partition coefficient (Wildman–Crippen LogP) is 0.763. The van der Waals surface area contributed by atoms with Gasteiger partial charge in [0.05, 0.1) is 19.8 Å². The van der Waals surface area contributed by atoms with Crippen molar-refractivity contribution in [2.24, 2.45) is 13.0 Å². The first-order valence-corrected chi connectivity index (χ1v) is 9.19. The maximum absolute atomic E-state index is 12.4. The molecule has 7 heteroatoms. The molecule has 0 unspecified atom stereocenters. The van der Waals surface area contributed by atoms with Gasteiger partial charge in [-0.05, 0) is 25.7 Å². The van der Waals surface area contributed by atoms with E-state index >= 15 is 0 Å². The first kappa shape index (κ1) is 16.0. The molecule has 132 valence electrons. The maximum atomic E-state index is 12.4. The average molecular weight is 333 g/mol. The van der Waals surface area contributed by atoms with Gasteiger partial charge in [0, 0.05) is 45.1 Å². The number of hydrogen-bond acceptors (Lipinski definition) is 5. The van der Waals surface area contributed by atoms with Crippen LogP contribution in [0.1, 0.15) is 43.3 Å². The maximum Gasteiger partial charge on any atom is 0.225 e. The van der Waals surface area contributed by atoms with E-state index in [1.807, 2.05) is 0 Å². The lowest BCUT2D eigenvalue weighted by molar-refractivity contribution is -0.133. The lowest BCUT2D eigenvalue weighted by Crippen LogP contribution is -2.40. The van der Waals surface area contributed by atoms with E-state index in [-0.39, 0.29) is 0 Å². The summed E-state index contributed by atoms with van der Waals surface area (Å²) >= 11 is 0. The van der Waals surface area contributed by atoms with E-state index in [0.717, 1.165) is 83.3 Å². The molecule has 3 aliphatic rings. The van der Waals surface area contributed by atoms with Crippen LogP contribution in [0.25, 0.3) is 0 Å². The van der Waals surface area contributed by atoms with E-state index in [4.69, 9.17) is 4.74 Å². The number of ether oxygens (including phenoxy) is 1. The largest absolute Gasteiger partial charge is 0.379 e. The van der Waals surface area contributed by atoms with E-state index in [0.29, 0.717) is 17.7 Å². The number of hydrogen-bond donors (Lipinski definition) is 0. The van der Waals surface area contributed by atoms with Crippen molar-refractivity contribution in [3.63, 3.8) is 0 Å². The van der Waals surface area contributed by atoms with E-state index < -0.39 is 0 Å². The quantitative estimate of drug-likeness (QED) is 0.814. The average Bonchev–Trinajstić information content (AvgIpc) is 3.41. The highest BCUT2D eigenvalue weighted by atomic mass is 16.5. The Morgan fingerprint density at radius 2 is 1.96 bits per heavy atom. The number of aromatic nitrogens is 3. The second-order valence-electron chi connectivity index (χ2n) is 7.32. The first-order valence-electron chi connectivity index (χ1n) is 9.19. The summed E-state index contributed by atoms with van der Waals surface area (Å²) in [7, 11) is 2.06. The number of nitrogens with zero attached hydrogens (tertiary/aromatic N) is 5. The smallest absolute Gasteiger partial charge is 0.225 e. The molecule has 1 atom stereocenters. The van der Waals surface area contributed by atoms with Gasteiger partial charge in [0.25, 0.3) is 0 Å². The van der Waals surface area contributed by atoms with Crippen molar-refractivity contribution in [1.29, 1.82) is 0 Å². The monoisotopic (exact) mass is 333 g/mol. The van der Waals surface area contributed by atoms with Crippen LogP contribution >= 0.6 is 0 Å². The zero-order chi connectivity index (χ0) is 16.5. The summed E-state index contributed by atoms with van der Waals surface area (Å²) in [6, 6.07) is 0. The highest BCUT2D eigenvalue weighted by Crippen LogP contribution is 2.34. The predicted molar refractivity (Wildman–Crippen MR) is 88.4 cm³/mol. The normalized spacial score (nSPS) is 25.9. The summed E-state index contributed by atoms with van der Waals surface area (Å²) in [5.74, 6) is 3.03. The molecule has 1 aromatic rings. The number of carbonyl (C=O) groups excluding carboxylic acids is 1. The van der Waals surface area contributed by atoms with Crippen LogP contribution in [0, 0.1) is 5.92 Å². The van der Waals surface area contributed by atoms with E-state index in [1.165, 1.54) is 0 Å². The Balaban J connectivity index is 1.42. The number of rotatable bonds is 4. The van der Waals surface area contributed by atoms with Crippen LogP contribution in [0.4, 0.5) is 0 Å². The highest BCUT2D eigenvalue weighted by Gasteiger charge is 2.36.